The van der Waals surface area contributed by atoms with Gasteiger partial charge >= 0.3 is 0 Å². The molecule has 1 fully saturated rings. The molecule has 0 saturated carbocycles. The normalized spacial score (nSPS) is 24.6. The molecule has 1 N–H and O–H groups in total. The Bertz CT molecular complexity index is 394. The molecule has 1 aromatic rings. The molecular formula is C13H21N3O. The molecule has 1 saturated heterocycles. The van der Waals surface area contributed by atoms with Gasteiger partial charge in [-0.05, 0) is 19.8 Å². The highest BCUT2D eigenvalue weighted by molar-refractivity contribution is 5.19. The van der Waals surface area contributed by atoms with E-state index in [1.807, 2.05) is 0 Å². The number of nitrogens with one attached hydrogen (secondary N) is 1. The van der Waals surface area contributed by atoms with Crippen LogP contribution in [0.1, 0.15) is 30.1 Å². The molecular weight excluding hydrogens is 214 g/mol. The number of aromatic nitrogens is 2. The van der Waals surface area contributed by atoms with Crippen molar-refractivity contribution in [2.75, 3.05) is 19.8 Å². The van der Waals surface area contributed by atoms with Gasteiger partial charge in [-0.1, -0.05) is 0 Å². The van der Waals surface area contributed by atoms with Crippen molar-refractivity contribution in [2.24, 2.45) is 5.92 Å². The monoisotopic (exact) mass is 235 g/mol. The Labute approximate surface area is 102 Å². The number of fused-ring (bicyclic) bond motifs is 1. The minimum absolute atomic E-state index is 0.677. The van der Waals surface area contributed by atoms with Crippen molar-refractivity contribution in [3.63, 3.8) is 0 Å². The zero-order valence-corrected chi connectivity index (χ0v) is 10.5. The highest BCUT2D eigenvalue weighted by Crippen LogP contribution is 2.21. The summed E-state index contributed by atoms with van der Waals surface area (Å²) < 4.78 is 7.99. The van der Waals surface area contributed by atoms with Crippen molar-refractivity contribution in [1.82, 2.24) is 14.9 Å². The molecule has 3 rings (SSSR count). The molecule has 4 heteroatoms. The van der Waals surface area contributed by atoms with Crippen LogP contribution < -0.4 is 5.32 Å². The van der Waals surface area contributed by atoms with Gasteiger partial charge in [0, 0.05) is 44.3 Å². The van der Waals surface area contributed by atoms with Gasteiger partial charge in [-0.2, -0.15) is 0 Å². The van der Waals surface area contributed by atoms with Crippen LogP contribution in [0.3, 0.4) is 0 Å². The van der Waals surface area contributed by atoms with E-state index in [0.717, 1.165) is 39.3 Å². The summed E-state index contributed by atoms with van der Waals surface area (Å²) in [6, 6.07) is 0. The summed E-state index contributed by atoms with van der Waals surface area (Å²) in [6.07, 6.45) is 3.62. The van der Waals surface area contributed by atoms with E-state index in [4.69, 9.17) is 4.74 Å². The lowest BCUT2D eigenvalue weighted by Crippen LogP contribution is -2.27. The summed E-state index contributed by atoms with van der Waals surface area (Å²) in [6.45, 7) is 7.10. The number of ether oxygens (including phenoxy) is 1. The Morgan fingerprint density at radius 3 is 3.29 bits per heavy atom. The van der Waals surface area contributed by atoms with E-state index >= 15 is 0 Å². The molecule has 0 aromatic carbocycles. The summed E-state index contributed by atoms with van der Waals surface area (Å²) in [5, 5.41) is 3.38. The third kappa shape index (κ3) is 2.24. The largest absolute Gasteiger partial charge is 0.381 e. The number of nitrogens with zero attached hydrogens (tertiary/aromatic N) is 2. The van der Waals surface area contributed by atoms with Crippen LogP contribution in [0.2, 0.25) is 0 Å². The maximum atomic E-state index is 5.57. The van der Waals surface area contributed by atoms with Gasteiger partial charge in [0.05, 0.1) is 12.3 Å². The van der Waals surface area contributed by atoms with E-state index in [0.29, 0.717) is 5.92 Å². The van der Waals surface area contributed by atoms with E-state index in [9.17, 15) is 0 Å². The Morgan fingerprint density at radius 2 is 2.47 bits per heavy atom. The first kappa shape index (κ1) is 11.2. The molecule has 0 amide bonds. The third-order valence-corrected chi connectivity index (χ3v) is 3.87. The number of hydrogen-bond donors (Lipinski definition) is 1. The van der Waals surface area contributed by atoms with Gasteiger partial charge in [0.1, 0.15) is 5.82 Å². The van der Waals surface area contributed by atoms with E-state index in [-0.39, 0.29) is 0 Å². The molecule has 0 spiro atoms. The van der Waals surface area contributed by atoms with Crippen molar-refractivity contribution < 1.29 is 4.74 Å². The molecule has 17 heavy (non-hydrogen) atoms. The zero-order chi connectivity index (χ0) is 11.7. The van der Waals surface area contributed by atoms with Crippen molar-refractivity contribution in [1.29, 1.82) is 0 Å². The summed E-state index contributed by atoms with van der Waals surface area (Å²) in [7, 11) is 0. The second-order valence-corrected chi connectivity index (χ2v) is 5.17. The molecule has 0 radical (unpaired) electrons. The van der Waals surface area contributed by atoms with Gasteiger partial charge in [-0.15, -0.1) is 0 Å². The van der Waals surface area contributed by atoms with Crippen LogP contribution in [0.15, 0.2) is 0 Å². The second kappa shape index (κ2) is 4.78. The maximum Gasteiger partial charge on any atom is 0.106 e. The molecule has 2 aliphatic rings. The van der Waals surface area contributed by atoms with Gasteiger partial charge < -0.3 is 14.6 Å². The molecule has 3 heterocycles. The Kier molecular flexibility index (Phi) is 3.16. The number of imidazole rings is 1. The molecule has 94 valence electrons. The van der Waals surface area contributed by atoms with E-state index in [1.165, 1.54) is 30.1 Å². The van der Waals surface area contributed by atoms with Crippen LogP contribution in [-0.2, 0) is 24.2 Å². The number of aryl methyl sites for hydroxylation is 1. The first-order chi connectivity index (χ1) is 8.34. The summed E-state index contributed by atoms with van der Waals surface area (Å²) in [4.78, 5) is 4.68. The quantitative estimate of drug-likeness (QED) is 0.839. The average molecular weight is 235 g/mol. The van der Waals surface area contributed by atoms with Crippen molar-refractivity contribution in [2.45, 2.75) is 39.3 Å². The van der Waals surface area contributed by atoms with Gasteiger partial charge in [-0.3, -0.25) is 0 Å². The topological polar surface area (TPSA) is 39.1 Å². The van der Waals surface area contributed by atoms with Gasteiger partial charge in [0.25, 0.3) is 0 Å². The van der Waals surface area contributed by atoms with Gasteiger partial charge in [0.15, 0.2) is 0 Å². The van der Waals surface area contributed by atoms with Gasteiger partial charge in [0.2, 0.25) is 0 Å². The number of hydrogen-bond acceptors (Lipinski definition) is 3. The smallest absolute Gasteiger partial charge is 0.106 e. The summed E-state index contributed by atoms with van der Waals surface area (Å²) in [5.74, 6) is 1.85. The first-order valence-corrected chi connectivity index (χ1v) is 6.68. The van der Waals surface area contributed by atoms with Crippen molar-refractivity contribution in [3.8, 4) is 0 Å². The highest BCUT2D eigenvalue weighted by atomic mass is 16.5. The fraction of sp³-hybridized carbons (Fsp3) is 0.769. The van der Waals surface area contributed by atoms with Crippen molar-refractivity contribution in [3.05, 3.63) is 17.2 Å². The lowest BCUT2D eigenvalue weighted by molar-refractivity contribution is 0.0478. The summed E-state index contributed by atoms with van der Waals surface area (Å²) in [5.41, 5.74) is 2.71. The lowest BCUT2D eigenvalue weighted by atomic mass is 10.0. The molecule has 4 nitrogen and oxygen atoms in total. The van der Waals surface area contributed by atoms with Crippen LogP contribution in [-0.4, -0.2) is 29.3 Å². The molecule has 0 bridgehead atoms. The minimum Gasteiger partial charge on any atom is -0.381 e. The van der Waals surface area contributed by atoms with E-state index in [2.05, 4.69) is 21.8 Å². The predicted molar refractivity (Wildman–Crippen MR) is 65.9 cm³/mol. The molecule has 0 aliphatic carbocycles. The summed E-state index contributed by atoms with van der Waals surface area (Å²) >= 11 is 0. The second-order valence-electron chi connectivity index (χ2n) is 5.17. The predicted octanol–water partition coefficient (Wildman–Crippen LogP) is 1.26. The van der Waals surface area contributed by atoms with Gasteiger partial charge in [-0.25, -0.2) is 4.98 Å². The van der Waals surface area contributed by atoms with Crippen LogP contribution in [0.25, 0.3) is 0 Å². The number of rotatable bonds is 2. The fourth-order valence-electron chi connectivity index (χ4n) is 2.96. The highest BCUT2D eigenvalue weighted by Gasteiger charge is 2.21. The van der Waals surface area contributed by atoms with Crippen LogP contribution in [0.4, 0.5) is 0 Å². The molecule has 2 aliphatic heterocycles. The van der Waals surface area contributed by atoms with Crippen LogP contribution in [0, 0.1) is 12.8 Å². The van der Waals surface area contributed by atoms with E-state index in [1.54, 1.807) is 0 Å². The van der Waals surface area contributed by atoms with E-state index < -0.39 is 0 Å². The maximum absolute atomic E-state index is 5.57. The van der Waals surface area contributed by atoms with Crippen LogP contribution >= 0.6 is 0 Å². The Balaban J connectivity index is 1.79. The van der Waals surface area contributed by atoms with Crippen LogP contribution in [0.5, 0.6) is 0 Å². The standard InChI is InChI=1S/C13H21N3O/c1-10-15-12-7-14-5-4-13(12)16(10)8-11-3-2-6-17-9-11/h11,14H,2-9H2,1H3. The Morgan fingerprint density at radius 1 is 1.53 bits per heavy atom. The first-order valence-electron chi connectivity index (χ1n) is 6.68. The SMILES string of the molecule is Cc1nc2c(n1CC1CCCOC1)CCNC2. The van der Waals surface area contributed by atoms with Crippen molar-refractivity contribution >= 4 is 0 Å². The molecule has 1 atom stereocenters. The molecule has 1 unspecified atom stereocenters. The Hall–Kier alpha value is -0.870. The third-order valence-electron chi connectivity index (χ3n) is 3.87. The average Bonchev–Trinajstić information content (AvgIpc) is 2.68. The molecule has 1 aromatic heterocycles. The fourth-order valence-corrected chi connectivity index (χ4v) is 2.96. The lowest BCUT2D eigenvalue weighted by Gasteiger charge is -2.24. The minimum atomic E-state index is 0.677. The zero-order valence-electron chi connectivity index (χ0n) is 10.5.